The van der Waals surface area contributed by atoms with Gasteiger partial charge < -0.3 is 0 Å². The topological polar surface area (TPSA) is 0 Å². The Labute approximate surface area is 361 Å². The smallest absolute Gasteiger partial charge is 0 e. The molecule has 1 heteroatoms. The zero-order valence-electron chi connectivity index (χ0n) is 36.9. The minimum atomic E-state index is 0. The Morgan fingerprint density at radius 2 is 0.509 bits per heavy atom. The van der Waals surface area contributed by atoms with E-state index in [1.54, 1.807) is 0 Å². The molecule has 0 amide bonds. The summed E-state index contributed by atoms with van der Waals surface area (Å²) in [7, 11) is 0. The minimum Gasteiger partial charge on any atom is -0.184 e. The molecule has 0 unspecified atom stereocenters. The van der Waals surface area contributed by atoms with E-state index in [2.05, 4.69) is 121 Å². The van der Waals surface area contributed by atoms with Crippen molar-refractivity contribution in [3.8, 4) is 11.1 Å². The number of hydrogen-bond acceptors (Lipinski definition) is 0. The van der Waals surface area contributed by atoms with Crippen molar-refractivity contribution in [2.45, 2.75) is 153 Å². The summed E-state index contributed by atoms with van der Waals surface area (Å²) in [5, 5.41) is 0. The monoisotopic (exact) mass is 802 g/mol. The maximum atomic E-state index is 2.93. The summed E-state index contributed by atoms with van der Waals surface area (Å²) in [5.74, 6) is 0. The van der Waals surface area contributed by atoms with Crippen molar-refractivity contribution in [1.29, 1.82) is 0 Å². The van der Waals surface area contributed by atoms with Crippen LogP contribution < -0.4 is 0 Å². The molecule has 0 atom stereocenters. The van der Waals surface area contributed by atoms with Crippen LogP contribution in [0.25, 0.3) is 11.1 Å². The molecule has 0 spiro atoms. The number of hydrogen-bond donors (Lipinski definition) is 0. The first-order valence-electron chi connectivity index (χ1n) is 19.4. The van der Waals surface area contributed by atoms with E-state index in [1.165, 1.54) is 45.4 Å². The molecule has 5 aromatic carbocycles. The van der Waals surface area contributed by atoms with Gasteiger partial charge in [-0.25, -0.2) is 0 Å². The average Bonchev–Trinajstić information content (AvgIpc) is 3.19. The Kier molecular flexibility index (Phi) is 86.7. The fourth-order valence-corrected chi connectivity index (χ4v) is 2.97. The van der Waals surface area contributed by atoms with Gasteiger partial charge in [-0.2, -0.15) is 71.8 Å². The van der Waals surface area contributed by atoms with E-state index < -0.39 is 0 Å². The van der Waals surface area contributed by atoms with Crippen molar-refractivity contribution < 1.29 is 32.7 Å². The van der Waals surface area contributed by atoms with Crippen molar-refractivity contribution in [2.24, 2.45) is 0 Å². The van der Waals surface area contributed by atoms with Crippen molar-refractivity contribution in [2.75, 3.05) is 0 Å². The van der Waals surface area contributed by atoms with Gasteiger partial charge in [-0.3, -0.25) is 0 Å². The summed E-state index contributed by atoms with van der Waals surface area (Å²) < 4.78 is 0. The summed E-state index contributed by atoms with van der Waals surface area (Å²) in [6, 6.07) is 49.1. The second-order valence-electron chi connectivity index (χ2n) is 9.25. The van der Waals surface area contributed by atoms with E-state index in [4.69, 9.17) is 0 Å². The number of aryl methyl sites for hydroxylation is 5. The summed E-state index contributed by atoms with van der Waals surface area (Å²) in [5.41, 5.74) is 9.09. The molecule has 5 rings (SSSR count). The molecule has 0 saturated heterocycles. The van der Waals surface area contributed by atoms with Gasteiger partial charge in [-0.05, 0) is 31.9 Å². The molecule has 0 saturated carbocycles. The number of benzene rings is 5. The van der Waals surface area contributed by atoms with E-state index in [0.717, 1.165) is 0 Å². The molecule has 0 fully saturated rings. The molecular weight excluding hydrogens is 713 g/mol. The van der Waals surface area contributed by atoms with Crippen LogP contribution in [0.3, 0.4) is 0 Å². The van der Waals surface area contributed by atoms with Crippen LogP contribution in [0.2, 0.25) is 0 Å². The van der Waals surface area contributed by atoms with Crippen LogP contribution in [0.4, 0.5) is 0 Å². The summed E-state index contributed by atoms with van der Waals surface area (Å²) in [6.07, 6.45) is 1.25. The van der Waals surface area contributed by atoms with Gasteiger partial charge >= 0.3 is 0 Å². The first-order chi connectivity index (χ1) is 24.3. The van der Waals surface area contributed by atoms with E-state index in [-0.39, 0.29) is 47.6 Å². The zero-order chi connectivity index (χ0) is 40.0. The van der Waals surface area contributed by atoms with Gasteiger partial charge in [0.1, 0.15) is 0 Å². The predicted octanol–water partition coefficient (Wildman–Crippen LogP) is 18.4. The Morgan fingerprint density at radius 3 is 0.660 bits per heavy atom. The van der Waals surface area contributed by atoms with Gasteiger partial charge in [0.2, 0.25) is 0 Å². The summed E-state index contributed by atoms with van der Waals surface area (Å²) in [4.78, 5) is 0. The summed E-state index contributed by atoms with van der Waals surface area (Å²) >= 11 is 0. The third kappa shape index (κ3) is 53.7. The van der Waals surface area contributed by atoms with E-state index in [0.29, 0.717) is 0 Å². The predicted molar refractivity (Wildman–Crippen MR) is 250 cm³/mol. The van der Waals surface area contributed by atoms with Crippen LogP contribution in [0, 0.1) is 46.8 Å². The van der Waals surface area contributed by atoms with Gasteiger partial charge in [0, 0.05) is 32.7 Å². The molecule has 0 aliphatic carbocycles. The first kappa shape index (κ1) is 71.6. The Balaban J connectivity index is -0.0000000628. The molecule has 0 aliphatic heterocycles. The SMILES string of the molecule is C.C.CC.CC.CC.CC.CC.CC.CCC.Cc1cc[c-]cc1.Cc1cc[c-]cc1.Cc1ccc(-c2ccc(C)cc2)cc1.Cc1ccccc1.[Y]. The Morgan fingerprint density at radius 1 is 0.321 bits per heavy atom. The third-order valence-electron chi connectivity index (χ3n) is 5.15. The van der Waals surface area contributed by atoms with Crippen LogP contribution in [-0.4, -0.2) is 0 Å². The normalized spacial score (nSPS) is 7.15. The zero-order valence-corrected chi connectivity index (χ0v) is 39.7. The standard InChI is InChI=1S/C14H14.C7H8.2C7H7.C3H8.6C2H6.2CH4.Y/c1-11-3-7-13(8-4-11)14-9-5-12(2)6-10-14;3*1-7-5-3-2-4-6-7;1-3-2;6*1-2;;;/h3-10H,1-2H3;2-6H,1H3;2*3-6H,1H3;3H2,1-2H3;6*1-2H3;2*1H4;/q;;2*-1;;;;;;;;;;. The molecule has 1 radical (unpaired) electrons. The molecule has 0 aromatic heterocycles. The minimum absolute atomic E-state index is 0. The van der Waals surface area contributed by atoms with E-state index >= 15 is 0 Å². The van der Waals surface area contributed by atoms with Gasteiger partial charge in [0.15, 0.2) is 0 Å². The van der Waals surface area contributed by atoms with Crippen molar-refractivity contribution in [3.05, 3.63) is 167 Å². The van der Waals surface area contributed by atoms with Crippen molar-refractivity contribution in [3.63, 3.8) is 0 Å². The molecule has 0 aliphatic rings. The second-order valence-corrected chi connectivity index (χ2v) is 9.25. The third-order valence-corrected chi connectivity index (χ3v) is 5.15. The van der Waals surface area contributed by atoms with Crippen LogP contribution in [-0.2, 0) is 32.7 Å². The van der Waals surface area contributed by atoms with Crippen LogP contribution in [0.15, 0.2) is 127 Å². The largest absolute Gasteiger partial charge is 0.184 e. The molecule has 53 heavy (non-hydrogen) atoms. The maximum absolute atomic E-state index is 2.93. The van der Waals surface area contributed by atoms with Crippen LogP contribution in [0.5, 0.6) is 0 Å². The Hall–Kier alpha value is -2.80. The van der Waals surface area contributed by atoms with Crippen molar-refractivity contribution >= 4 is 0 Å². The fourth-order valence-electron chi connectivity index (χ4n) is 2.97. The molecule has 5 aromatic rings. The fraction of sp³-hybridized carbons (Fsp3) is 0.423. The molecule has 0 nitrogen and oxygen atoms in total. The van der Waals surface area contributed by atoms with Crippen LogP contribution in [0.1, 0.15) is 146 Å². The van der Waals surface area contributed by atoms with Gasteiger partial charge in [0.05, 0.1) is 0 Å². The first-order valence-corrected chi connectivity index (χ1v) is 19.4. The van der Waals surface area contributed by atoms with E-state index in [1.807, 2.05) is 150 Å². The van der Waals surface area contributed by atoms with Crippen molar-refractivity contribution in [1.82, 2.24) is 0 Å². The molecule has 301 valence electrons. The van der Waals surface area contributed by atoms with E-state index in [9.17, 15) is 0 Å². The Bertz CT molecular complexity index is 1060. The maximum Gasteiger partial charge on any atom is 0 e. The number of rotatable bonds is 1. The van der Waals surface area contributed by atoms with Crippen LogP contribution >= 0.6 is 0 Å². The molecular formula is C52H88Y-2. The molecule has 0 heterocycles. The average molecular weight is 802 g/mol. The quantitative estimate of drug-likeness (QED) is 0.148. The summed E-state index contributed by atoms with van der Waals surface area (Å²) in [6.45, 7) is 38.7. The molecule has 0 N–H and O–H groups in total. The van der Waals surface area contributed by atoms with Gasteiger partial charge in [-0.15, -0.1) is 0 Å². The van der Waals surface area contributed by atoms with Gasteiger partial charge in [0.25, 0.3) is 0 Å². The molecule has 0 bridgehead atoms. The van der Waals surface area contributed by atoms with Gasteiger partial charge in [-0.1, -0.05) is 228 Å². The second kappa shape index (κ2) is 64.2.